The Morgan fingerprint density at radius 1 is 1.53 bits per heavy atom. The van der Waals surface area contributed by atoms with Gasteiger partial charge in [-0.05, 0) is 79.9 Å². The summed E-state index contributed by atoms with van der Waals surface area (Å²) < 4.78 is 1.33. The predicted molar refractivity (Wildman–Crippen MR) is 82.6 cm³/mol. The second kappa shape index (κ2) is 6.05. The van der Waals surface area contributed by atoms with Crippen LogP contribution in [0.2, 0.25) is 0 Å². The molecule has 94 valence electrons. The third kappa shape index (κ3) is 3.58. The molecule has 2 unspecified atom stereocenters. The van der Waals surface area contributed by atoms with Gasteiger partial charge in [0.05, 0.1) is 0 Å². The van der Waals surface area contributed by atoms with E-state index in [0.29, 0.717) is 12.1 Å². The summed E-state index contributed by atoms with van der Waals surface area (Å²) in [6, 6.07) is 7.70. The summed E-state index contributed by atoms with van der Waals surface area (Å²) >= 11 is 2.39. The molecule has 1 aromatic rings. The van der Waals surface area contributed by atoms with Crippen LogP contribution in [0.3, 0.4) is 0 Å². The number of benzene rings is 1. The molecule has 1 saturated heterocycles. The Morgan fingerprint density at radius 3 is 3.06 bits per heavy atom. The molecule has 2 nitrogen and oxygen atoms in total. The highest BCUT2D eigenvalue weighted by Gasteiger charge is 2.17. The Balaban J connectivity index is 1.93. The first-order valence-corrected chi connectivity index (χ1v) is 7.49. The van der Waals surface area contributed by atoms with Crippen molar-refractivity contribution in [1.82, 2.24) is 5.32 Å². The highest BCUT2D eigenvalue weighted by atomic mass is 127. The van der Waals surface area contributed by atoms with Gasteiger partial charge in [0.1, 0.15) is 0 Å². The summed E-state index contributed by atoms with van der Waals surface area (Å²) in [5.74, 6) is 0. The van der Waals surface area contributed by atoms with Crippen LogP contribution >= 0.6 is 22.6 Å². The molecule has 0 spiro atoms. The molecule has 1 heterocycles. The molecule has 0 bridgehead atoms. The lowest BCUT2D eigenvalue weighted by Crippen LogP contribution is -2.29. The minimum absolute atomic E-state index is 0.530. The van der Waals surface area contributed by atoms with Crippen molar-refractivity contribution < 1.29 is 0 Å². The quantitative estimate of drug-likeness (QED) is 0.817. The number of nitrogens with one attached hydrogen (secondary N) is 2. The van der Waals surface area contributed by atoms with E-state index in [1.54, 1.807) is 0 Å². The van der Waals surface area contributed by atoms with Gasteiger partial charge in [-0.2, -0.15) is 0 Å². The SMILES string of the molecule is Cc1c(I)cccc1NC(C)CC1CCCN1. The first-order chi connectivity index (χ1) is 8.16. The first kappa shape index (κ1) is 13.1. The van der Waals surface area contributed by atoms with Crippen LogP contribution in [-0.4, -0.2) is 18.6 Å². The number of hydrogen-bond donors (Lipinski definition) is 2. The van der Waals surface area contributed by atoms with E-state index in [0.717, 1.165) is 0 Å². The molecule has 2 N–H and O–H groups in total. The van der Waals surface area contributed by atoms with Crippen LogP contribution in [0, 0.1) is 10.5 Å². The third-order valence-corrected chi connectivity index (χ3v) is 4.64. The maximum atomic E-state index is 3.63. The molecule has 1 fully saturated rings. The van der Waals surface area contributed by atoms with E-state index in [4.69, 9.17) is 0 Å². The lowest BCUT2D eigenvalue weighted by Gasteiger charge is -2.20. The molecule has 2 rings (SSSR count). The second-order valence-corrected chi connectivity index (χ2v) is 6.15. The van der Waals surface area contributed by atoms with E-state index in [2.05, 4.69) is 65.3 Å². The summed E-state index contributed by atoms with van der Waals surface area (Å²) in [4.78, 5) is 0. The van der Waals surface area contributed by atoms with Gasteiger partial charge in [0.25, 0.3) is 0 Å². The van der Waals surface area contributed by atoms with Gasteiger partial charge < -0.3 is 10.6 Å². The summed E-state index contributed by atoms with van der Waals surface area (Å²) in [7, 11) is 0. The summed E-state index contributed by atoms with van der Waals surface area (Å²) in [5.41, 5.74) is 2.64. The topological polar surface area (TPSA) is 24.1 Å². The van der Waals surface area contributed by atoms with Crippen molar-refractivity contribution in [3.05, 3.63) is 27.3 Å². The summed E-state index contributed by atoms with van der Waals surface area (Å²) in [6.45, 7) is 5.66. The zero-order valence-electron chi connectivity index (χ0n) is 10.6. The molecular formula is C14H21IN2. The fourth-order valence-corrected chi connectivity index (χ4v) is 2.97. The molecule has 0 amide bonds. The highest BCUT2D eigenvalue weighted by molar-refractivity contribution is 14.1. The molecule has 2 atom stereocenters. The highest BCUT2D eigenvalue weighted by Crippen LogP contribution is 2.22. The Kier molecular flexibility index (Phi) is 4.68. The number of hydrogen-bond acceptors (Lipinski definition) is 2. The van der Waals surface area contributed by atoms with Crippen LogP contribution < -0.4 is 10.6 Å². The van der Waals surface area contributed by atoms with Crippen molar-refractivity contribution in [2.24, 2.45) is 0 Å². The minimum Gasteiger partial charge on any atom is -0.382 e. The van der Waals surface area contributed by atoms with Gasteiger partial charge in [0.2, 0.25) is 0 Å². The summed E-state index contributed by atoms with van der Waals surface area (Å²) in [5, 5.41) is 7.19. The molecule has 1 aliphatic rings. The zero-order valence-corrected chi connectivity index (χ0v) is 12.8. The normalized spacial score (nSPS) is 21.5. The Morgan fingerprint density at radius 2 is 2.35 bits per heavy atom. The maximum Gasteiger partial charge on any atom is 0.0382 e. The van der Waals surface area contributed by atoms with Crippen LogP contribution in [0.5, 0.6) is 0 Å². The molecule has 0 radical (unpaired) electrons. The van der Waals surface area contributed by atoms with E-state index in [1.165, 1.54) is 40.6 Å². The van der Waals surface area contributed by atoms with Crippen LogP contribution in [0.15, 0.2) is 18.2 Å². The van der Waals surface area contributed by atoms with Gasteiger partial charge in [0.15, 0.2) is 0 Å². The van der Waals surface area contributed by atoms with Gasteiger partial charge in [-0.1, -0.05) is 6.07 Å². The smallest absolute Gasteiger partial charge is 0.0382 e. The lowest BCUT2D eigenvalue weighted by atomic mass is 10.1. The molecule has 0 saturated carbocycles. The first-order valence-electron chi connectivity index (χ1n) is 6.42. The van der Waals surface area contributed by atoms with Crippen molar-refractivity contribution in [3.8, 4) is 0 Å². The lowest BCUT2D eigenvalue weighted by molar-refractivity contribution is 0.523. The van der Waals surface area contributed by atoms with Crippen LogP contribution in [0.1, 0.15) is 31.7 Å². The monoisotopic (exact) mass is 344 g/mol. The third-order valence-electron chi connectivity index (χ3n) is 3.47. The van der Waals surface area contributed by atoms with Crippen LogP contribution in [0.25, 0.3) is 0 Å². The van der Waals surface area contributed by atoms with Crippen molar-refractivity contribution in [3.63, 3.8) is 0 Å². The average molecular weight is 344 g/mol. The number of anilines is 1. The van der Waals surface area contributed by atoms with E-state index in [9.17, 15) is 0 Å². The molecule has 0 aliphatic carbocycles. The Hall–Kier alpha value is -0.290. The molecule has 1 aliphatic heterocycles. The Bertz CT molecular complexity index is 372. The van der Waals surface area contributed by atoms with Crippen molar-refractivity contribution >= 4 is 28.3 Å². The molecule has 1 aromatic carbocycles. The standard InChI is InChI=1S/C14H21IN2/c1-10(9-12-5-4-8-16-12)17-14-7-3-6-13(15)11(14)2/h3,6-7,10,12,16-17H,4-5,8-9H2,1-2H3. The van der Waals surface area contributed by atoms with Gasteiger partial charge >= 0.3 is 0 Å². The van der Waals surface area contributed by atoms with Crippen molar-refractivity contribution in [2.75, 3.05) is 11.9 Å². The molecule has 0 aromatic heterocycles. The van der Waals surface area contributed by atoms with Gasteiger partial charge in [0, 0.05) is 21.3 Å². The van der Waals surface area contributed by atoms with Gasteiger partial charge in [-0.3, -0.25) is 0 Å². The molecule has 17 heavy (non-hydrogen) atoms. The number of rotatable bonds is 4. The minimum atomic E-state index is 0.530. The van der Waals surface area contributed by atoms with Gasteiger partial charge in [-0.25, -0.2) is 0 Å². The van der Waals surface area contributed by atoms with Crippen molar-refractivity contribution in [2.45, 2.75) is 45.2 Å². The van der Waals surface area contributed by atoms with E-state index in [-0.39, 0.29) is 0 Å². The molecule has 3 heteroatoms. The summed E-state index contributed by atoms with van der Waals surface area (Å²) in [6.07, 6.45) is 3.88. The van der Waals surface area contributed by atoms with Crippen LogP contribution in [-0.2, 0) is 0 Å². The number of halogens is 1. The Labute approximate surface area is 118 Å². The van der Waals surface area contributed by atoms with Gasteiger partial charge in [-0.15, -0.1) is 0 Å². The molecular weight excluding hydrogens is 323 g/mol. The predicted octanol–water partition coefficient (Wildman–Crippen LogP) is 3.54. The van der Waals surface area contributed by atoms with E-state index < -0.39 is 0 Å². The largest absolute Gasteiger partial charge is 0.382 e. The van der Waals surface area contributed by atoms with Crippen LogP contribution in [0.4, 0.5) is 5.69 Å². The van der Waals surface area contributed by atoms with E-state index in [1.807, 2.05) is 0 Å². The van der Waals surface area contributed by atoms with E-state index >= 15 is 0 Å². The maximum absolute atomic E-state index is 3.63. The van der Waals surface area contributed by atoms with Crippen molar-refractivity contribution in [1.29, 1.82) is 0 Å². The fourth-order valence-electron chi connectivity index (χ4n) is 2.47. The second-order valence-electron chi connectivity index (χ2n) is 4.99. The zero-order chi connectivity index (χ0) is 12.3. The fraction of sp³-hybridized carbons (Fsp3) is 0.571. The average Bonchev–Trinajstić information content (AvgIpc) is 2.77.